The summed E-state index contributed by atoms with van der Waals surface area (Å²) in [5.41, 5.74) is 0. The molecule has 0 aromatic carbocycles. The molecule has 0 aliphatic heterocycles. The Balaban J connectivity index is 4.30. The van der Waals surface area contributed by atoms with E-state index in [1.54, 1.807) is 0 Å². The van der Waals surface area contributed by atoms with Crippen molar-refractivity contribution in [3.63, 3.8) is 0 Å². The summed E-state index contributed by atoms with van der Waals surface area (Å²) in [7, 11) is 0. The molecule has 66 heavy (non-hydrogen) atoms. The van der Waals surface area contributed by atoms with Crippen LogP contribution in [0.15, 0.2) is 72.9 Å². The van der Waals surface area contributed by atoms with E-state index in [1.807, 2.05) is 0 Å². The molecule has 0 aliphatic rings. The van der Waals surface area contributed by atoms with Crippen LogP contribution in [0.3, 0.4) is 0 Å². The molecule has 0 aromatic heterocycles. The number of allylic oxidation sites excluding steroid dienone is 12. The Kier molecular flexibility index (Phi) is 51.9. The molecule has 0 spiro atoms. The van der Waals surface area contributed by atoms with Gasteiger partial charge in [0.25, 0.3) is 0 Å². The second-order valence-corrected chi connectivity index (χ2v) is 18.5. The molecule has 6 heteroatoms. The van der Waals surface area contributed by atoms with Crippen molar-refractivity contribution in [2.24, 2.45) is 0 Å². The van der Waals surface area contributed by atoms with Gasteiger partial charge in [-0.3, -0.25) is 14.4 Å². The first-order chi connectivity index (χ1) is 32.5. The summed E-state index contributed by atoms with van der Waals surface area (Å²) in [5.74, 6) is -0.897. The number of unbranched alkanes of at least 4 members (excludes halogenated alkanes) is 27. The molecular formula is C60H104O6. The molecule has 0 rings (SSSR count). The lowest BCUT2D eigenvalue weighted by atomic mass is 10.1. The molecule has 0 amide bonds. The third kappa shape index (κ3) is 51.8. The predicted molar refractivity (Wildman–Crippen MR) is 284 cm³/mol. The Labute approximate surface area is 408 Å². The van der Waals surface area contributed by atoms with Crippen molar-refractivity contribution in [2.75, 3.05) is 13.2 Å². The van der Waals surface area contributed by atoms with E-state index in [-0.39, 0.29) is 31.1 Å². The third-order valence-corrected chi connectivity index (χ3v) is 11.9. The maximum atomic E-state index is 12.8. The van der Waals surface area contributed by atoms with Gasteiger partial charge in [0.1, 0.15) is 13.2 Å². The van der Waals surface area contributed by atoms with E-state index in [4.69, 9.17) is 14.2 Å². The number of rotatable bonds is 50. The highest BCUT2D eigenvalue weighted by Crippen LogP contribution is 2.15. The van der Waals surface area contributed by atoms with Gasteiger partial charge < -0.3 is 14.2 Å². The Morgan fingerprint density at radius 1 is 0.318 bits per heavy atom. The van der Waals surface area contributed by atoms with E-state index in [0.29, 0.717) is 19.3 Å². The van der Waals surface area contributed by atoms with Crippen molar-refractivity contribution in [1.82, 2.24) is 0 Å². The molecule has 0 radical (unpaired) electrons. The minimum atomic E-state index is -0.782. The summed E-state index contributed by atoms with van der Waals surface area (Å²) in [4.78, 5) is 38.0. The number of carbonyl (C=O) groups excluding carboxylic acids is 3. The number of hydrogen-bond acceptors (Lipinski definition) is 6. The highest BCUT2D eigenvalue weighted by Gasteiger charge is 2.19. The third-order valence-electron chi connectivity index (χ3n) is 11.9. The molecule has 0 saturated carbocycles. The summed E-state index contributed by atoms with van der Waals surface area (Å²) >= 11 is 0. The highest BCUT2D eigenvalue weighted by atomic mass is 16.6. The Morgan fingerprint density at radius 3 is 0.939 bits per heavy atom. The Hall–Kier alpha value is -3.15. The van der Waals surface area contributed by atoms with E-state index in [1.165, 1.54) is 122 Å². The average molecular weight is 921 g/mol. The van der Waals surface area contributed by atoms with Crippen LogP contribution in [0.4, 0.5) is 0 Å². The van der Waals surface area contributed by atoms with Crippen molar-refractivity contribution < 1.29 is 28.6 Å². The lowest BCUT2D eigenvalue weighted by Crippen LogP contribution is -2.30. The van der Waals surface area contributed by atoms with E-state index >= 15 is 0 Å². The van der Waals surface area contributed by atoms with Crippen LogP contribution in [0.2, 0.25) is 0 Å². The second kappa shape index (κ2) is 54.5. The number of hydrogen-bond donors (Lipinski definition) is 0. The van der Waals surface area contributed by atoms with Crippen molar-refractivity contribution in [2.45, 2.75) is 277 Å². The molecule has 0 fully saturated rings. The molecule has 0 saturated heterocycles. The van der Waals surface area contributed by atoms with Gasteiger partial charge in [-0.1, -0.05) is 235 Å². The van der Waals surface area contributed by atoms with Crippen LogP contribution >= 0.6 is 0 Å². The zero-order chi connectivity index (χ0) is 47.9. The Bertz CT molecular complexity index is 1240. The number of ether oxygens (including phenoxy) is 3. The number of carbonyl (C=O) groups is 3. The molecule has 0 bridgehead atoms. The summed E-state index contributed by atoms with van der Waals surface area (Å²) in [5, 5.41) is 0. The van der Waals surface area contributed by atoms with Crippen LogP contribution < -0.4 is 0 Å². The van der Waals surface area contributed by atoms with Crippen molar-refractivity contribution >= 4 is 17.9 Å². The largest absolute Gasteiger partial charge is 0.462 e. The maximum Gasteiger partial charge on any atom is 0.306 e. The molecule has 6 nitrogen and oxygen atoms in total. The van der Waals surface area contributed by atoms with Gasteiger partial charge in [0, 0.05) is 19.3 Å². The first kappa shape index (κ1) is 62.8. The van der Waals surface area contributed by atoms with Crippen molar-refractivity contribution in [1.29, 1.82) is 0 Å². The lowest BCUT2D eigenvalue weighted by molar-refractivity contribution is -0.167. The first-order valence-electron chi connectivity index (χ1n) is 27.9. The lowest BCUT2D eigenvalue weighted by Gasteiger charge is -2.18. The van der Waals surface area contributed by atoms with Crippen LogP contribution in [-0.4, -0.2) is 37.2 Å². The molecule has 1 atom stereocenters. The topological polar surface area (TPSA) is 78.9 Å². The van der Waals surface area contributed by atoms with Crippen LogP contribution in [0.1, 0.15) is 271 Å². The first-order valence-corrected chi connectivity index (χ1v) is 27.9. The quantitative estimate of drug-likeness (QED) is 0.0262. The Morgan fingerprint density at radius 2 is 0.591 bits per heavy atom. The molecule has 0 aliphatic carbocycles. The van der Waals surface area contributed by atoms with Gasteiger partial charge in [-0.15, -0.1) is 0 Å². The monoisotopic (exact) mass is 921 g/mol. The van der Waals surface area contributed by atoms with Crippen molar-refractivity contribution in [3.8, 4) is 0 Å². The van der Waals surface area contributed by atoms with E-state index < -0.39 is 6.10 Å². The highest BCUT2D eigenvalue weighted by molar-refractivity contribution is 5.71. The van der Waals surface area contributed by atoms with Gasteiger partial charge in [-0.25, -0.2) is 0 Å². The van der Waals surface area contributed by atoms with E-state index in [0.717, 1.165) is 109 Å². The summed E-state index contributed by atoms with van der Waals surface area (Å²) in [6.07, 6.45) is 68.9. The van der Waals surface area contributed by atoms with Crippen LogP contribution in [-0.2, 0) is 28.6 Å². The molecule has 380 valence electrons. The fourth-order valence-electron chi connectivity index (χ4n) is 7.76. The summed E-state index contributed by atoms with van der Waals surface area (Å²) < 4.78 is 16.8. The maximum absolute atomic E-state index is 12.8. The SMILES string of the molecule is CC/C=C\C/C=C\C/C=C\C/C=C\C/C=C\CCCCCCCCCC(=O)OCC(COC(=O)CCCCCCCCCCC)OC(=O)CCCCCCC/C=C\CCCCCCCCC. The van der Waals surface area contributed by atoms with Crippen LogP contribution in [0.5, 0.6) is 0 Å². The van der Waals surface area contributed by atoms with Crippen LogP contribution in [0, 0.1) is 0 Å². The minimum absolute atomic E-state index is 0.0805. The van der Waals surface area contributed by atoms with Gasteiger partial charge in [0.05, 0.1) is 0 Å². The van der Waals surface area contributed by atoms with Gasteiger partial charge in [-0.05, 0) is 89.9 Å². The van der Waals surface area contributed by atoms with Crippen molar-refractivity contribution in [3.05, 3.63) is 72.9 Å². The average Bonchev–Trinajstić information content (AvgIpc) is 3.31. The van der Waals surface area contributed by atoms with Crippen LogP contribution in [0.25, 0.3) is 0 Å². The number of esters is 3. The fraction of sp³-hybridized carbons (Fsp3) is 0.750. The van der Waals surface area contributed by atoms with Gasteiger partial charge in [-0.2, -0.15) is 0 Å². The predicted octanol–water partition coefficient (Wildman–Crippen LogP) is 18.6. The molecule has 0 aromatic rings. The zero-order valence-electron chi connectivity index (χ0n) is 43.4. The second-order valence-electron chi connectivity index (χ2n) is 18.5. The summed E-state index contributed by atoms with van der Waals surface area (Å²) in [6.45, 7) is 6.50. The van der Waals surface area contributed by atoms with E-state index in [2.05, 4.69) is 93.7 Å². The van der Waals surface area contributed by atoms with E-state index in [9.17, 15) is 14.4 Å². The minimum Gasteiger partial charge on any atom is -0.462 e. The van der Waals surface area contributed by atoms with Gasteiger partial charge >= 0.3 is 17.9 Å². The fourth-order valence-corrected chi connectivity index (χ4v) is 7.76. The normalized spacial score (nSPS) is 12.6. The standard InChI is InChI=1S/C60H104O6/c1-4-7-10-13-16-19-21-23-25-27-28-29-30-31-32-33-35-36-38-41-44-47-50-53-59(62)65-56-57(55-64-58(61)52-49-46-43-40-18-15-12-9-6-3)66-60(63)54-51-48-45-42-39-37-34-26-24-22-20-17-14-11-8-5-2/h7,10,16,19,23,25-26,28-29,31-32,34,57H,4-6,8-9,11-15,17-18,20-22,24,27,30,33,35-56H2,1-3H3/b10-7-,19-16-,25-23-,29-28-,32-31-,34-26-. The molecule has 1 unspecified atom stereocenters. The zero-order valence-corrected chi connectivity index (χ0v) is 43.4. The van der Waals surface area contributed by atoms with Gasteiger partial charge in [0.2, 0.25) is 0 Å². The summed E-state index contributed by atoms with van der Waals surface area (Å²) in [6, 6.07) is 0. The molecule has 0 N–H and O–H groups in total. The van der Waals surface area contributed by atoms with Gasteiger partial charge in [0.15, 0.2) is 6.10 Å². The molecular weight excluding hydrogens is 817 g/mol. The molecule has 0 heterocycles. The smallest absolute Gasteiger partial charge is 0.306 e.